The number of benzene rings is 9. The van der Waals surface area contributed by atoms with Crippen LogP contribution in [0.1, 0.15) is 10.4 Å². The summed E-state index contributed by atoms with van der Waals surface area (Å²) >= 11 is 3.66. The predicted octanol–water partition coefficient (Wildman–Crippen LogP) is 16.5. The van der Waals surface area contributed by atoms with Crippen molar-refractivity contribution >= 4 is 132 Å². The molecule has 2 heterocycles. The third-order valence-corrected chi connectivity index (χ3v) is 13.8. The molecule has 0 bridgehead atoms. The summed E-state index contributed by atoms with van der Waals surface area (Å²) in [7, 11) is 0. The van der Waals surface area contributed by atoms with Gasteiger partial charge in [0.25, 0.3) is 0 Å². The van der Waals surface area contributed by atoms with E-state index in [0.29, 0.717) is 0 Å². The van der Waals surface area contributed by atoms with Gasteiger partial charge in [-0.25, -0.2) is 0 Å². The van der Waals surface area contributed by atoms with Gasteiger partial charge in [0.05, 0.1) is 11.4 Å². The molecule has 0 saturated heterocycles. The van der Waals surface area contributed by atoms with Crippen LogP contribution in [0.3, 0.4) is 0 Å². The zero-order valence-electron chi connectivity index (χ0n) is 31.2. The second-order valence-corrected chi connectivity index (χ2v) is 16.9. The van der Waals surface area contributed by atoms with Gasteiger partial charge in [-0.2, -0.15) is 0 Å². The highest BCUT2D eigenvalue weighted by atomic mass is 32.1. The van der Waals surface area contributed by atoms with Crippen LogP contribution in [0.5, 0.6) is 0 Å². The topological polar surface area (TPSA) is 6.48 Å². The van der Waals surface area contributed by atoms with E-state index in [4.69, 9.17) is 0 Å². The molecule has 0 fully saturated rings. The maximum absolute atomic E-state index is 3.20. The molecule has 12 rings (SSSR count). The van der Waals surface area contributed by atoms with Crippen molar-refractivity contribution in [1.82, 2.24) is 0 Å². The average Bonchev–Trinajstić information content (AvgIpc) is 3.85. The maximum Gasteiger partial charge on any atom is 0.0546 e. The van der Waals surface area contributed by atoms with E-state index in [1.54, 1.807) is 0 Å². The monoisotopic (exact) mass is 772 g/mol. The van der Waals surface area contributed by atoms with E-state index < -0.39 is 0 Å². The quantitative estimate of drug-likeness (QED) is 0.123. The third-order valence-electron chi connectivity index (χ3n) is 11.5. The highest BCUT2D eigenvalue weighted by molar-refractivity contribution is 7.25. The fourth-order valence-corrected chi connectivity index (χ4v) is 11.0. The van der Waals surface area contributed by atoms with E-state index in [-0.39, 0.29) is 0 Å². The van der Waals surface area contributed by atoms with E-state index in [9.17, 15) is 0 Å². The van der Waals surface area contributed by atoms with Crippen LogP contribution in [0.4, 0.5) is 34.1 Å². The molecule has 0 N–H and O–H groups in total. The minimum atomic E-state index is 1.11. The van der Waals surface area contributed by atoms with E-state index in [1.165, 1.54) is 73.0 Å². The molecule has 0 radical (unpaired) electrons. The summed E-state index contributed by atoms with van der Waals surface area (Å²) in [6.45, 7) is 0. The van der Waals surface area contributed by atoms with E-state index >= 15 is 0 Å². The first kappa shape index (κ1) is 33.0. The number of hydrogen-bond acceptors (Lipinski definition) is 4. The Morgan fingerprint density at radius 2 is 0.776 bits per heavy atom. The summed E-state index contributed by atoms with van der Waals surface area (Å²) in [4.78, 5) is 6.11. The number of para-hydroxylation sites is 2. The lowest BCUT2D eigenvalue weighted by Gasteiger charge is -2.30. The second-order valence-electron chi connectivity index (χ2n) is 14.7. The molecule has 58 heavy (non-hydrogen) atoms. The van der Waals surface area contributed by atoms with Crippen molar-refractivity contribution in [1.29, 1.82) is 0 Å². The zero-order chi connectivity index (χ0) is 38.2. The van der Waals surface area contributed by atoms with Crippen molar-refractivity contribution in [3.05, 3.63) is 204 Å². The molecule has 4 heteroatoms. The van der Waals surface area contributed by atoms with Gasteiger partial charge in [-0.3, -0.25) is 0 Å². The Balaban J connectivity index is 1.13. The lowest BCUT2D eigenvalue weighted by Crippen LogP contribution is -2.11. The van der Waals surface area contributed by atoms with Crippen LogP contribution in [0, 0.1) is 0 Å². The van der Waals surface area contributed by atoms with Crippen molar-refractivity contribution in [2.75, 3.05) is 9.80 Å². The molecule has 270 valence electrons. The van der Waals surface area contributed by atoms with Crippen molar-refractivity contribution in [3.63, 3.8) is 0 Å². The molecular formula is C54H32N2S2. The molecule has 11 aromatic rings. The van der Waals surface area contributed by atoms with Crippen LogP contribution >= 0.6 is 22.7 Å². The Bertz CT molecular complexity index is 3550. The zero-order valence-corrected chi connectivity index (χ0v) is 32.8. The Labute approximate surface area is 343 Å². The number of fused-ring (bicyclic) bond motifs is 11. The minimum absolute atomic E-state index is 1.11. The number of rotatable bonds is 6. The summed E-state index contributed by atoms with van der Waals surface area (Å²) in [6.07, 6.45) is 4.12. The second kappa shape index (κ2) is 13.2. The van der Waals surface area contributed by atoms with Crippen LogP contribution in [0.15, 0.2) is 193 Å². The highest BCUT2D eigenvalue weighted by Crippen LogP contribution is 2.49. The van der Waals surface area contributed by atoms with Gasteiger partial charge in [-0.15, -0.1) is 22.7 Å². The van der Waals surface area contributed by atoms with Gasteiger partial charge < -0.3 is 9.80 Å². The molecule has 1 aliphatic rings. The normalized spacial score (nSPS) is 12.1. The van der Waals surface area contributed by atoms with Crippen molar-refractivity contribution in [3.8, 4) is 0 Å². The fraction of sp³-hybridized carbons (Fsp3) is 0. The van der Waals surface area contributed by atoms with Crippen molar-refractivity contribution < 1.29 is 0 Å². The van der Waals surface area contributed by atoms with Crippen molar-refractivity contribution in [2.45, 2.75) is 0 Å². The number of thiophene rings is 2. The van der Waals surface area contributed by atoms with Gasteiger partial charge in [-0.1, -0.05) is 115 Å². The first-order valence-corrected chi connectivity index (χ1v) is 21.1. The molecule has 0 aliphatic heterocycles. The van der Waals surface area contributed by atoms with E-state index in [0.717, 1.165) is 34.1 Å². The average molecular weight is 773 g/mol. The van der Waals surface area contributed by atoms with Gasteiger partial charge in [0.15, 0.2) is 0 Å². The lowest BCUT2D eigenvalue weighted by molar-refractivity contribution is 1.30. The summed E-state index contributed by atoms with van der Waals surface area (Å²) in [6, 6.07) is 66.9. The Morgan fingerprint density at radius 3 is 1.38 bits per heavy atom. The maximum atomic E-state index is 3.20. The smallest absolute Gasteiger partial charge is 0.0546 e. The molecule has 1 aliphatic carbocycles. The molecule has 0 atom stereocenters. The molecule has 2 aromatic heterocycles. The van der Waals surface area contributed by atoms with Crippen LogP contribution in [0.2, 0.25) is 0 Å². The SMILES string of the molecule is C1=C=Cc2c(sc3ccc(N(c4ccccc4)c4cc5c6ccccc6c(N(c6ccccc6)c6ccc7sc8ccccc8c7c6)cc5c5ccccc45)cc23)C=1. The standard InChI is InChI=1S/C54H32N2S2/c1-3-15-35(16-4-1)55(37-27-29-53-47(31-37)43-23-11-13-25-51(43)57-53)49-33-45-40-20-8-10-22-42(40)50(34-46(45)39-19-7-9-21-41(39)49)56(36-17-5-2-6-18-36)38-28-30-54-48(32-38)44-24-12-14-26-52(44)58-54/h1-11,13,15-34H. The summed E-state index contributed by atoms with van der Waals surface area (Å²) in [5, 5.41) is 11.1. The molecule has 0 amide bonds. The largest absolute Gasteiger partial charge is 0.310 e. The van der Waals surface area contributed by atoms with Crippen LogP contribution in [-0.2, 0) is 0 Å². The summed E-state index contributed by atoms with van der Waals surface area (Å²) in [5.41, 5.74) is 14.3. The van der Waals surface area contributed by atoms with Crippen LogP contribution < -0.4 is 9.80 Å². The van der Waals surface area contributed by atoms with E-state index in [2.05, 4.69) is 209 Å². The van der Waals surface area contributed by atoms with Gasteiger partial charge in [0.2, 0.25) is 0 Å². The molecule has 9 aromatic carbocycles. The Hall–Kier alpha value is -7.16. The first-order chi connectivity index (χ1) is 28.8. The van der Waals surface area contributed by atoms with Crippen LogP contribution in [-0.4, -0.2) is 0 Å². The third kappa shape index (κ3) is 5.18. The van der Waals surface area contributed by atoms with Gasteiger partial charge in [0, 0.05) is 80.3 Å². The minimum Gasteiger partial charge on any atom is -0.310 e. The lowest BCUT2D eigenvalue weighted by atomic mass is 9.93. The Morgan fingerprint density at radius 1 is 0.310 bits per heavy atom. The number of hydrogen-bond donors (Lipinski definition) is 0. The fourth-order valence-electron chi connectivity index (χ4n) is 8.88. The molecule has 0 spiro atoms. The van der Waals surface area contributed by atoms with Crippen molar-refractivity contribution in [2.24, 2.45) is 0 Å². The highest BCUT2D eigenvalue weighted by Gasteiger charge is 2.23. The molecular weight excluding hydrogens is 741 g/mol. The van der Waals surface area contributed by atoms with Gasteiger partial charge in [0.1, 0.15) is 0 Å². The van der Waals surface area contributed by atoms with Crippen LogP contribution in [0.25, 0.3) is 74.7 Å². The molecule has 0 saturated carbocycles. The van der Waals surface area contributed by atoms with Gasteiger partial charge >= 0.3 is 0 Å². The summed E-state index contributed by atoms with van der Waals surface area (Å²) in [5.74, 6) is 0. The first-order valence-electron chi connectivity index (χ1n) is 19.5. The number of nitrogens with zero attached hydrogens (tertiary/aromatic N) is 2. The summed E-state index contributed by atoms with van der Waals surface area (Å²) < 4.78 is 3.87. The van der Waals surface area contributed by atoms with E-state index in [1.807, 2.05) is 28.7 Å². The Kier molecular flexibility index (Phi) is 7.53. The number of anilines is 6. The molecule has 2 nitrogen and oxygen atoms in total. The molecule has 0 unspecified atom stereocenters. The van der Waals surface area contributed by atoms with Gasteiger partial charge in [-0.05, 0) is 106 Å². The predicted molar refractivity (Wildman–Crippen MR) is 253 cm³/mol.